The second-order valence-electron chi connectivity index (χ2n) is 2.70. The van der Waals surface area contributed by atoms with Crippen molar-refractivity contribution in [3.05, 3.63) is 11.6 Å². The monoisotopic (exact) mass is 296 g/mol. The summed E-state index contributed by atoms with van der Waals surface area (Å²) in [5, 5.41) is 0. The van der Waals surface area contributed by atoms with Crippen LogP contribution in [0.2, 0.25) is 0 Å². The van der Waals surface area contributed by atoms with Crippen LogP contribution in [0, 0.1) is 0 Å². The lowest BCUT2D eigenvalue weighted by atomic mass is 10.1. The number of hydrogen-bond donors (Lipinski definition) is 0. The van der Waals surface area contributed by atoms with Gasteiger partial charge in [0.1, 0.15) is 0 Å². The van der Waals surface area contributed by atoms with Crippen LogP contribution in [0.1, 0.15) is 33.1 Å². The van der Waals surface area contributed by atoms with Gasteiger partial charge in [0.15, 0.2) is 0 Å². The van der Waals surface area contributed by atoms with Crippen molar-refractivity contribution in [3.8, 4) is 0 Å². The lowest BCUT2D eigenvalue weighted by Gasteiger charge is -2.02. The van der Waals surface area contributed by atoms with E-state index in [-0.39, 0.29) is 5.97 Å². The van der Waals surface area contributed by atoms with E-state index in [0.717, 1.165) is 23.7 Å². The summed E-state index contributed by atoms with van der Waals surface area (Å²) in [5.74, 6) is -0.201. The summed E-state index contributed by atoms with van der Waals surface area (Å²) in [7, 11) is 0. The average Bonchev–Trinajstić information content (AvgIpc) is 2.12. The van der Waals surface area contributed by atoms with Gasteiger partial charge in [-0.3, -0.25) is 0 Å². The molecular weight excluding hydrogens is 279 g/mol. The maximum atomic E-state index is 11.1. The Morgan fingerprint density at radius 1 is 1.46 bits per heavy atom. The van der Waals surface area contributed by atoms with Gasteiger partial charge in [-0.2, -0.15) is 0 Å². The normalized spacial score (nSPS) is 11.5. The quantitative estimate of drug-likeness (QED) is 0.326. The van der Waals surface area contributed by atoms with E-state index >= 15 is 0 Å². The number of ether oxygens (including phenoxy) is 1. The van der Waals surface area contributed by atoms with E-state index in [1.54, 1.807) is 6.08 Å². The molecule has 0 spiro atoms. The topological polar surface area (TPSA) is 26.3 Å². The van der Waals surface area contributed by atoms with Gasteiger partial charge in [-0.1, -0.05) is 35.1 Å². The zero-order valence-electron chi connectivity index (χ0n) is 8.31. The van der Waals surface area contributed by atoms with E-state index in [1.807, 2.05) is 6.92 Å². The van der Waals surface area contributed by atoms with E-state index < -0.39 is 0 Å². The van der Waals surface area contributed by atoms with Gasteiger partial charge in [-0.15, -0.1) is 0 Å². The Kier molecular flexibility index (Phi) is 8.49. The maximum Gasteiger partial charge on any atom is 0.330 e. The Bertz CT molecular complexity index is 176. The molecule has 0 N–H and O–H groups in total. The van der Waals surface area contributed by atoms with Crippen molar-refractivity contribution >= 4 is 28.6 Å². The van der Waals surface area contributed by atoms with Crippen LogP contribution in [-0.4, -0.2) is 17.0 Å². The number of alkyl halides is 1. The molecule has 0 aromatic carbocycles. The van der Waals surface area contributed by atoms with Crippen LogP contribution in [0.5, 0.6) is 0 Å². The minimum atomic E-state index is -0.201. The second kappa shape index (κ2) is 8.53. The molecule has 0 bridgehead atoms. The second-order valence-corrected chi connectivity index (χ2v) is 3.78. The van der Waals surface area contributed by atoms with Gasteiger partial charge in [-0.25, -0.2) is 4.79 Å². The van der Waals surface area contributed by atoms with Crippen LogP contribution in [0.15, 0.2) is 11.6 Å². The smallest absolute Gasteiger partial charge is 0.330 e. The van der Waals surface area contributed by atoms with Crippen molar-refractivity contribution in [1.82, 2.24) is 0 Å². The third-order valence-electron chi connectivity index (χ3n) is 1.69. The Labute approximate surface area is 93.9 Å². The molecule has 3 heteroatoms. The number of rotatable bonds is 6. The molecule has 0 saturated heterocycles. The number of carbonyl (C=O) groups is 1. The third-order valence-corrected chi connectivity index (χ3v) is 2.46. The van der Waals surface area contributed by atoms with Gasteiger partial charge in [-0.05, 0) is 30.6 Å². The average molecular weight is 296 g/mol. The van der Waals surface area contributed by atoms with Crippen LogP contribution >= 0.6 is 22.6 Å². The fourth-order valence-corrected chi connectivity index (χ4v) is 1.38. The van der Waals surface area contributed by atoms with Gasteiger partial charge in [0, 0.05) is 6.08 Å². The SMILES string of the molecule is CCOC(=O)/C=C(/CC)CCCI. The number of carbonyl (C=O) groups excluding carboxylic acids is 1. The van der Waals surface area contributed by atoms with E-state index in [2.05, 4.69) is 29.5 Å². The first-order chi connectivity index (χ1) is 6.24. The fourth-order valence-electron chi connectivity index (χ4n) is 0.995. The molecule has 0 aliphatic carbocycles. The molecule has 0 unspecified atom stereocenters. The Morgan fingerprint density at radius 3 is 2.62 bits per heavy atom. The largest absolute Gasteiger partial charge is 0.463 e. The highest BCUT2D eigenvalue weighted by molar-refractivity contribution is 14.1. The summed E-state index contributed by atoms with van der Waals surface area (Å²) in [4.78, 5) is 11.1. The molecule has 0 rings (SSSR count). The molecule has 13 heavy (non-hydrogen) atoms. The molecule has 76 valence electrons. The van der Waals surface area contributed by atoms with Crippen molar-refractivity contribution < 1.29 is 9.53 Å². The summed E-state index contributed by atoms with van der Waals surface area (Å²) in [6.07, 6.45) is 4.73. The predicted molar refractivity (Wildman–Crippen MR) is 63.1 cm³/mol. The van der Waals surface area contributed by atoms with Crippen LogP contribution in [0.25, 0.3) is 0 Å². The first-order valence-electron chi connectivity index (χ1n) is 4.66. The van der Waals surface area contributed by atoms with E-state index in [9.17, 15) is 4.79 Å². The van der Waals surface area contributed by atoms with Crippen LogP contribution < -0.4 is 0 Å². The summed E-state index contributed by atoms with van der Waals surface area (Å²) >= 11 is 2.34. The Morgan fingerprint density at radius 2 is 2.15 bits per heavy atom. The highest BCUT2D eigenvalue weighted by atomic mass is 127. The number of hydrogen-bond acceptors (Lipinski definition) is 2. The summed E-state index contributed by atoms with van der Waals surface area (Å²) in [6, 6.07) is 0. The van der Waals surface area contributed by atoms with Crippen LogP contribution in [0.4, 0.5) is 0 Å². The summed E-state index contributed by atoms with van der Waals surface area (Å²) in [5.41, 5.74) is 1.19. The van der Waals surface area contributed by atoms with Crippen LogP contribution in [0.3, 0.4) is 0 Å². The molecular formula is C10H17IO2. The highest BCUT2D eigenvalue weighted by Gasteiger charge is 2.00. The molecule has 0 aliphatic rings. The molecule has 2 nitrogen and oxygen atoms in total. The minimum Gasteiger partial charge on any atom is -0.463 e. The Hall–Kier alpha value is -0.0600. The Balaban J connectivity index is 3.96. The van der Waals surface area contributed by atoms with Crippen LogP contribution in [-0.2, 0) is 9.53 Å². The van der Waals surface area contributed by atoms with Crippen molar-refractivity contribution in [2.24, 2.45) is 0 Å². The van der Waals surface area contributed by atoms with Gasteiger partial charge >= 0.3 is 5.97 Å². The van der Waals surface area contributed by atoms with Crippen molar-refractivity contribution in [1.29, 1.82) is 0 Å². The molecule has 0 amide bonds. The molecule has 0 fully saturated rings. The molecule has 0 atom stereocenters. The molecule has 0 aliphatic heterocycles. The summed E-state index contributed by atoms with van der Waals surface area (Å²) < 4.78 is 5.97. The molecule has 0 radical (unpaired) electrons. The lowest BCUT2D eigenvalue weighted by molar-refractivity contribution is -0.137. The van der Waals surface area contributed by atoms with E-state index in [4.69, 9.17) is 4.74 Å². The minimum absolute atomic E-state index is 0.201. The van der Waals surface area contributed by atoms with Gasteiger partial charge in [0.2, 0.25) is 0 Å². The standard InChI is InChI=1S/C10H17IO2/c1-3-9(6-5-7-11)8-10(12)13-4-2/h8H,3-7H2,1-2H3/b9-8-. The van der Waals surface area contributed by atoms with Gasteiger partial charge < -0.3 is 4.74 Å². The maximum absolute atomic E-state index is 11.1. The fraction of sp³-hybridized carbons (Fsp3) is 0.700. The van der Waals surface area contributed by atoms with E-state index in [0.29, 0.717) is 6.61 Å². The highest BCUT2D eigenvalue weighted by Crippen LogP contribution is 2.10. The molecule has 0 aromatic rings. The zero-order chi connectivity index (χ0) is 10.1. The molecule has 0 heterocycles. The third kappa shape index (κ3) is 7.05. The zero-order valence-corrected chi connectivity index (χ0v) is 10.5. The number of esters is 1. The first kappa shape index (κ1) is 12.9. The summed E-state index contributed by atoms with van der Waals surface area (Å²) in [6.45, 7) is 4.35. The lowest BCUT2D eigenvalue weighted by Crippen LogP contribution is -2.01. The number of allylic oxidation sites excluding steroid dienone is 1. The van der Waals surface area contributed by atoms with E-state index in [1.165, 1.54) is 5.57 Å². The van der Waals surface area contributed by atoms with Gasteiger partial charge in [0.05, 0.1) is 6.61 Å². The molecule has 0 aromatic heterocycles. The molecule has 0 saturated carbocycles. The number of halogens is 1. The first-order valence-corrected chi connectivity index (χ1v) is 6.19. The van der Waals surface area contributed by atoms with Crippen molar-refractivity contribution in [2.75, 3.05) is 11.0 Å². The van der Waals surface area contributed by atoms with Gasteiger partial charge in [0.25, 0.3) is 0 Å². The van der Waals surface area contributed by atoms with Crippen molar-refractivity contribution in [2.45, 2.75) is 33.1 Å². The predicted octanol–water partition coefficient (Wildman–Crippen LogP) is 3.10. The van der Waals surface area contributed by atoms with Crippen molar-refractivity contribution in [3.63, 3.8) is 0 Å².